The maximum Gasteiger partial charge on any atom is 0.203 e. The highest BCUT2D eigenvalue weighted by Crippen LogP contribution is 2.29. The van der Waals surface area contributed by atoms with Crippen molar-refractivity contribution >= 4 is 17.0 Å². The molecule has 102 valence electrons. The Hall–Kier alpha value is -1.55. The Bertz CT molecular complexity index is 554. The Morgan fingerprint density at radius 1 is 1.37 bits per heavy atom. The summed E-state index contributed by atoms with van der Waals surface area (Å²) < 4.78 is 2.12. The SMILES string of the molecule is Cn1c(NC(CN)C2CCCC2)nc2ccccc21. The largest absolute Gasteiger partial charge is 0.351 e. The Balaban J connectivity index is 1.85. The molecule has 1 atom stereocenters. The lowest BCUT2D eigenvalue weighted by Crippen LogP contribution is -2.36. The van der Waals surface area contributed by atoms with Crippen LogP contribution in [0.5, 0.6) is 0 Å². The molecule has 2 aromatic rings. The van der Waals surface area contributed by atoms with Gasteiger partial charge in [0.2, 0.25) is 5.95 Å². The van der Waals surface area contributed by atoms with Crippen molar-refractivity contribution in [2.75, 3.05) is 11.9 Å². The quantitative estimate of drug-likeness (QED) is 0.886. The second-order valence-electron chi connectivity index (χ2n) is 5.51. The molecule has 3 rings (SSSR count). The van der Waals surface area contributed by atoms with Gasteiger partial charge in [-0.2, -0.15) is 0 Å². The number of aryl methyl sites for hydroxylation is 1. The Morgan fingerprint density at radius 3 is 2.79 bits per heavy atom. The lowest BCUT2D eigenvalue weighted by molar-refractivity contribution is 0.459. The van der Waals surface area contributed by atoms with Gasteiger partial charge >= 0.3 is 0 Å². The molecule has 1 unspecified atom stereocenters. The number of rotatable bonds is 4. The molecule has 0 saturated heterocycles. The summed E-state index contributed by atoms with van der Waals surface area (Å²) in [4.78, 5) is 4.67. The van der Waals surface area contributed by atoms with Crippen LogP contribution in [-0.2, 0) is 7.05 Å². The Labute approximate surface area is 114 Å². The lowest BCUT2D eigenvalue weighted by atomic mass is 9.98. The number of anilines is 1. The van der Waals surface area contributed by atoms with Gasteiger partial charge in [0.15, 0.2) is 0 Å². The normalized spacial score (nSPS) is 18.0. The van der Waals surface area contributed by atoms with E-state index in [1.54, 1.807) is 0 Å². The highest BCUT2D eigenvalue weighted by molar-refractivity contribution is 5.78. The summed E-state index contributed by atoms with van der Waals surface area (Å²) in [7, 11) is 2.06. The lowest BCUT2D eigenvalue weighted by Gasteiger charge is -2.23. The number of aromatic nitrogens is 2. The maximum absolute atomic E-state index is 5.95. The molecule has 1 aromatic carbocycles. The van der Waals surface area contributed by atoms with E-state index < -0.39 is 0 Å². The van der Waals surface area contributed by atoms with E-state index in [9.17, 15) is 0 Å². The third kappa shape index (κ3) is 2.32. The van der Waals surface area contributed by atoms with Crippen LogP contribution in [0.2, 0.25) is 0 Å². The van der Waals surface area contributed by atoms with Crippen LogP contribution in [0.4, 0.5) is 5.95 Å². The molecule has 1 fully saturated rings. The Kier molecular flexibility index (Phi) is 3.42. The number of nitrogens with two attached hydrogens (primary N) is 1. The van der Waals surface area contributed by atoms with Crippen LogP contribution in [0.25, 0.3) is 11.0 Å². The summed E-state index contributed by atoms with van der Waals surface area (Å²) in [6.45, 7) is 0.674. The standard InChI is InChI=1S/C15H22N4/c1-19-14-9-5-4-8-12(14)17-15(19)18-13(10-16)11-6-2-3-7-11/h4-5,8-9,11,13H,2-3,6-7,10,16H2,1H3,(H,17,18). The molecule has 0 spiro atoms. The van der Waals surface area contributed by atoms with Crippen molar-refractivity contribution in [2.45, 2.75) is 31.7 Å². The van der Waals surface area contributed by atoms with Crippen LogP contribution < -0.4 is 11.1 Å². The fourth-order valence-electron chi connectivity index (χ4n) is 3.17. The van der Waals surface area contributed by atoms with Gasteiger partial charge in [-0.25, -0.2) is 4.98 Å². The second kappa shape index (κ2) is 5.21. The fraction of sp³-hybridized carbons (Fsp3) is 0.533. The molecular weight excluding hydrogens is 236 g/mol. The van der Waals surface area contributed by atoms with Crippen molar-refractivity contribution in [3.63, 3.8) is 0 Å². The molecule has 4 heteroatoms. The van der Waals surface area contributed by atoms with Gasteiger partial charge < -0.3 is 15.6 Å². The van der Waals surface area contributed by atoms with Crippen molar-refractivity contribution in [3.05, 3.63) is 24.3 Å². The summed E-state index contributed by atoms with van der Waals surface area (Å²) in [6.07, 6.45) is 5.26. The van der Waals surface area contributed by atoms with Gasteiger partial charge in [0.05, 0.1) is 11.0 Å². The third-order valence-electron chi connectivity index (χ3n) is 4.32. The van der Waals surface area contributed by atoms with E-state index in [2.05, 4.69) is 28.0 Å². The first-order chi connectivity index (χ1) is 9.29. The third-order valence-corrected chi connectivity index (χ3v) is 4.32. The van der Waals surface area contributed by atoms with Crippen LogP contribution in [0, 0.1) is 5.92 Å². The van der Waals surface area contributed by atoms with Crippen LogP contribution >= 0.6 is 0 Å². The summed E-state index contributed by atoms with van der Waals surface area (Å²) in [6, 6.07) is 8.56. The summed E-state index contributed by atoms with van der Waals surface area (Å²) in [5.74, 6) is 1.63. The minimum atomic E-state index is 0.345. The molecule has 3 N–H and O–H groups in total. The molecule has 1 saturated carbocycles. The van der Waals surface area contributed by atoms with Gasteiger partial charge in [0, 0.05) is 19.6 Å². The molecule has 0 amide bonds. The van der Waals surface area contributed by atoms with Gasteiger partial charge in [-0.1, -0.05) is 25.0 Å². The van der Waals surface area contributed by atoms with E-state index in [0.717, 1.165) is 17.0 Å². The zero-order valence-corrected chi connectivity index (χ0v) is 11.5. The number of hydrogen-bond acceptors (Lipinski definition) is 3. The number of para-hydroxylation sites is 2. The van der Waals surface area contributed by atoms with E-state index in [-0.39, 0.29) is 0 Å². The number of hydrogen-bond donors (Lipinski definition) is 2. The van der Waals surface area contributed by atoms with Crippen LogP contribution in [0.1, 0.15) is 25.7 Å². The molecule has 1 aliphatic carbocycles. The number of benzene rings is 1. The van der Waals surface area contributed by atoms with Gasteiger partial charge in [-0.3, -0.25) is 0 Å². The van der Waals surface area contributed by atoms with E-state index in [4.69, 9.17) is 5.73 Å². The minimum absolute atomic E-state index is 0.345. The van der Waals surface area contributed by atoms with Crippen LogP contribution in [0.3, 0.4) is 0 Å². The average molecular weight is 258 g/mol. The highest BCUT2D eigenvalue weighted by atomic mass is 15.2. The van der Waals surface area contributed by atoms with E-state index in [1.165, 1.54) is 25.7 Å². The first-order valence-electron chi connectivity index (χ1n) is 7.17. The van der Waals surface area contributed by atoms with Gasteiger partial charge in [-0.15, -0.1) is 0 Å². The first kappa shape index (κ1) is 12.5. The molecule has 4 nitrogen and oxygen atoms in total. The molecule has 0 aliphatic heterocycles. The van der Waals surface area contributed by atoms with E-state index >= 15 is 0 Å². The monoisotopic (exact) mass is 258 g/mol. The van der Waals surface area contributed by atoms with Crippen molar-refractivity contribution in [3.8, 4) is 0 Å². The smallest absolute Gasteiger partial charge is 0.203 e. The maximum atomic E-state index is 5.95. The minimum Gasteiger partial charge on any atom is -0.351 e. The predicted octanol–water partition coefficient (Wildman–Crippen LogP) is 2.50. The second-order valence-corrected chi connectivity index (χ2v) is 5.51. The molecule has 19 heavy (non-hydrogen) atoms. The fourth-order valence-corrected chi connectivity index (χ4v) is 3.17. The summed E-state index contributed by atoms with van der Waals surface area (Å²) in [5.41, 5.74) is 8.14. The van der Waals surface area contributed by atoms with Gasteiger partial charge in [0.25, 0.3) is 0 Å². The molecule has 1 aromatic heterocycles. The van der Waals surface area contributed by atoms with Crippen molar-refractivity contribution in [1.82, 2.24) is 9.55 Å². The molecule has 0 radical (unpaired) electrons. The number of nitrogens with one attached hydrogen (secondary N) is 1. The molecular formula is C15H22N4. The molecule has 0 bridgehead atoms. The van der Waals surface area contributed by atoms with Crippen molar-refractivity contribution in [2.24, 2.45) is 18.7 Å². The number of fused-ring (bicyclic) bond motifs is 1. The number of nitrogens with zero attached hydrogens (tertiary/aromatic N) is 2. The number of imidazole rings is 1. The van der Waals surface area contributed by atoms with Crippen molar-refractivity contribution < 1.29 is 0 Å². The zero-order valence-electron chi connectivity index (χ0n) is 11.5. The van der Waals surface area contributed by atoms with E-state index in [1.807, 2.05) is 18.2 Å². The molecule has 1 aliphatic rings. The first-order valence-corrected chi connectivity index (χ1v) is 7.17. The zero-order chi connectivity index (χ0) is 13.2. The summed E-state index contributed by atoms with van der Waals surface area (Å²) >= 11 is 0. The summed E-state index contributed by atoms with van der Waals surface area (Å²) in [5, 5.41) is 3.56. The highest BCUT2D eigenvalue weighted by Gasteiger charge is 2.25. The average Bonchev–Trinajstić information content (AvgIpc) is 3.06. The van der Waals surface area contributed by atoms with Gasteiger partial charge in [-0.05, 0) is 30.9 Å². The Morgan fingerprint density at radius 2 is 2.11 bits per heavy atom. The van der Waals surface area contributed by atoms with Crippen LogP contribution in [0.15, 0.2) is 24.3 Å². The molecule has 1 heterocycles. The van der Waals surface area contributed by atoms with E-state index in [0.29, 0.717) is 18.5 Å². The topological polar surface area (TPSA) is 55.9 Å². The van der Waals surface area contributed by atoms with Crippen molar-refractivity contribution in [1.29, 1.82) is 0 Å². The predicted molar refractivity (Wildman–Crippen MR) is 79.1 cm³/mol. The van der Waals surface area contributed by atoms with Crippen LogP contribution in [-0.4, -0.2) is 22.1 Å². The van der Waals surface area contributed by atoms with Gasteiger partial charge in [0.1, 0.15) is 0 Å².